The van der Waals surface area contributed by atoms with Gasteiger partial charge in [0.25, 0.3) is 0 Å². The Labute approximate surface area is 177 Å². The molecule has 0 aliphatic rings. The van der Waals surface area contributed by atoms with Gasteiger partial charge in [0, 0.05) is 28.0 Å². The fraction of sp³-hybridized carbons (Fsp3) is 0.211. The third-order valence-corrected chi connectivity index (χ3v) is 4.19. The highest BCUT2D eigenvalue weighted by Gasteiger charge is 2.19. The van der Waals surface area contributed by atoms with Crippen molar-refractivity contribution >= 4 is 52.6 Å². The van der Waals surface area contributed by atoms with E-state index in [9.17, 15) is 19.5 Å². The first-order valence-corrected chi connectivity index (χ1v) is 9.45. The number of amides is 4. The van der Waals surface area contributed by atoms with Crippen molar-refractivity contribution in [3.63, 3.8) is 0 Å². The molecule has 0 fully saturated rings. The van der Waals surface area contributed by atoms with Crippen LogP contribution in [0, 0.1) is 0 Å². The highest BCUT2D eigenvalue weighted by molar-refractivity contribution is 6.31. The molecule has 2 aromatic carbocycles. The lowest BCUT2D eigenvalue weighted by Crippen LogP contribution is -2.43. The first-order valence-electron chi connectivity index (χ1n) is 8.70. The minimum atomic E-state index is -1.17. The molecule has 0 saturated carbocycles. The van der Waals surface area contributed by atoms with Crippen molar-refractivity contribution < 1.29 is 19.5 Å². The van der Waals surface area contributed by atoms with E-state index in [1.54, 1.807) is 48.5 Å². The van der Waals surface area contributed by atoms with Crippen molar-refractivity contribution in [2.45, 2.75) is 18.9 Å². The van der Waals surface area contributed by atoms with Crippen molar-refractivity contribution in [1.29, 1.82) is 0 Å². The van der Waals surface area contributed by atoms with Gasteiger partial charge in [0.1, 0.15) is 6.04 Å². The molecule has 10 heteroatoms. The maximum atomic E-state index is 12.0. The largest absolute Gasteiger partial charge is 0.480 e. The molecule has 2 rings (SSSR count). The Hall–Kier alpha value is -2.97. The summed E-state index contributed by atoms with van der Waals surface area (Å²) >= 11 is 11.7. The zero-order chi connectivity index (χ0) is 21.2. The molecular weight excluding hydrogens is 419 g/mol. The highest BCUT2D eigenvalue weighted by Crippen LogP contribution is 2.15. The number of carboxylic acid groups (broad SMARTS) is 1. The monoisotopic (exact) mass is 438 g/mol. The Kier molecular flexibility index (Phi) is 8.57. The summed E-state index contributed by atoms with van der Waals surface area (Å²) in [6.07, 6.45) is 0.479. The molecule has 2 aromatic rings. The number of benzene rings is 2. The number of hydrogen-bond donors (Lipinski definition) is 5. The number of carboxylic acids is 1. The number of rotatable bonds is 8. The minimum Gasteiger partial charge on any atom is -0.480 e. The number of hydrogen-bond acceptors (Lipinski definition) is 3. The van der Waals surface area contributed by atoms with Crippen LogP contribution in [0.2, 0.25) is 10.0 Å². The third-order valence-electron chi connectivity index (χ3n) is 3.72. The summed E-state index contributed by atoms with van der Waals surface area (Å²) in [6.45, 7) is 0.230. The Balaban J connectivity index is 1.73. The maximum absolute atomic E-state index is 12.0. The molecule has 154 valence electrons. The maximum Gasteiger partial charge on any atom is 0.326 e. The van der Waals surface area contributed by atoms with Crippen molar-refractivity contribution in [2.75, 3.05) is 17.2 Å². The lowest BCUT2D eigenvalue weighted by Gasteiger charge is -2.15. The molecule has 8 nitrogen and oxygen atoms in total. The van der Waals surface area contributed by atoms with E-state index < -0.39 is 24.1 Å². The minimum absolute atomic E-state index is 0.135. The van der Waals surface area contributed by atoms with Gasteiger partial charge in [-0.25, -0.2) is 14.4 Å². The molecule has 0 heterocycles. The van der Waals surface area contributed by atoms with E-state index in [1.807, 2.05) is 0 Å². The van der Waals surface area contributed by atoms with Gasteiger partial charge in [0.15, 0.2) is 0 Å². The predicted molar refractivity (Wildman–Crippen MR) is 113 cm³/mol. The number of aliphatic carboxylic acids is 1. The van der Waals surface area contributed by atoms with Gasteiger partial charge < -0.3 is 26.4 Å². The molecule has 0 aliphatic carbocycles. The molecule has 0 aliphatic heterocycles. The second-order valence-corrected chi connectivity index (χ2v) is 6.91. The van der Waals surface area contributed by atoms with Gasteiger partial charge in [-0.3, -0.25) is 0 Å². The lowest BCUT2D eigenvalue weighted by molar-refractivity contribution is -0.139. The summed E-state index contributed by atoms with van der Waals surface area (Å²) in [5, 5.41) is 20.4. The van der Waals surface area contributed by atoms with Crippen molar-refractivity contribution in [1.82, 2.24) is 10.6 Å². The fourth-order valence-electron chi connectivity index (χ4n) is 2.40. The van der Waals surface area contributed by atoms with Crippen LogP contribution in [-0.4, -0.2) is 35.7 Å². The number of nitrogens with one attached hydrogen (secondary N) is 4. The quantitative estimate of drug-likeness (QED) is 0.397. The zero-order valence-electron chi connectivity index (χ0n) is 15.2. The molecule has 0 spiro atoms. The molecule has 1 unspecified atom stereocenters. The Morgan fingerprint density at radius 2 is 1.45 bits per heavy atom. The average Bonchev–Trinajstić information content (AvgIpc) is 2.64. The Bertz CT molecular complexity index is 879. The summed E-state index contributed by atoms with van der Waals surface area (Å²) in [6, 6.07) is 11.0. The van der Waals surface area contributed by atoms with Crippen LogP contribution in [0.1, 0.15) is 12.8 Å². The van der Waals surface area contributed by atoms with Crippen molar-refractivity contribution in [3.8, 4) is 0 Å². The molecule has 29 heavy (non-hydrogen) atoms. The van der Waals surface area contributed by atoms with Crippen LogP contribution in [0.5, 0.6) is 0 Å². The van der Waals surface area contributed by atoms with Gasteiger partial charge in [0.2, 0.25) is 0 Å². The second kappa shape index (κ2) is 11.1. The molecule has 0 aromatic heterocycles. The van der Waals surface area contributed by atoms with E-state index in [2.05, 4.69) is 21.3 Å². The van der Waals surface area contributed by atoms with E-state index in [0.29, 0.717) is 27.8 Å². The fourth-order valence-corrected chi connectivity index (χ4v) is 2.78. The predicted octanol–water partition coefficient (Wildman–Crippen LogP) is 4.17. The van der Waals surface area contributed by atoms with Crippen LogP contribution in [0.25, 0.3) is 0 Å². The molecule has 0 bridgehead atoms. The topological polar surface area (TPSA) is 120 Å². The van der Waals surface area contributed by atoms with Crippen LogP contribution in [-0.2, 0) is 4.79 Å². The third kappa shape index (κ3) is 8.28. The van der Waals surface area contributed by atoms with E-state index in [-0.39, 0.29) is 13.0 Å². The van der Waals surface area contributed by atoms with Crippen LogP contribution in [0.15, 0.2) is 48.5 Å². The van der Waals surface area contributed by atoms with Gasteiger partial charge in [-0.05, 0) is 49.2 Å². The van der Waals surface area contributed by atoms with Crippen molar-refractivity contribution in [3.05, 3.63) is 58.6 Å². The summed E-state index contributed by atoms with van der Waals surface area (Å²) in [4.78, 5) is 35.2. The van der Waals surface area contributed by atoms with E-state index in [4.69, 9.17) is 23.2 Å². The van der Waals surface area contributed by atoms with E-state index >= 15 is 0 Å². The van der Waals surface area contributed by atoms with Gasteiger partial charge >= 0.3 is 18.0 Å². The normalized spacial score (nSPS) is 11.2. The summed E-state index contributed by atoms with van der Waals surface area (Å²) in [5.74, 6) is -1.17. The number of halogens is 2. The number of anilines is 2. The van der Waals surface area contributed by atoms with Crippen LogP contribution >= 0.6 is 23.2 Å². The van der Waals surface area contributed by atoms with Gasteiger partial charge in [-0.2, -0.15) is 0 Å². The number of urea groups is 2. The van der Waals surface area contributed by atoms with Crippen LogP contribution < -0.4 is 21.3 Å². The Morgan fingerprint density at radius 1 is 0.897 bits per heavy atom. The van der Waals surface area contributed by atoms with Gasteiger partial charge in [0.05, 0.1) is 0 Å². The van der Waals surface area contributed by atoms with E-state index in [1.165, 1.54) is 0 Å². The highest BCUT2D eigenvalue weighted by atomic mass is 35.5. The standard InChI is InChI=1S/C19H20Cl2N4O4/c20-12-4-1-6-14(10-12)23-18(28)22-9-3-8-16(17(26)27)25-19(29)24-15-7-2-5-13(21)11-15/h1-2,4-7,10-11,16H,3,8-9H2,(H,26,27)(H2,22,23,28)(H2,24,25,29). The Morgan fingerprint density at radius 3 is 1.97 bits per heavy atom. The second-order valence-electron chi connectivity index (χ2n) is 6.03. The molecule has 4 amide bonds. The summed E-state index contributed by atoms with van der Waals surface area (Å²) in [7, 11) is 0. The summed E-state index contributed by atoms with van der Waals surface area (Å²) in [5.41, 5.74) is 0.983. The van der Waals surface area contributed by atoms with Gasteiger partial charge in [-0.15, -0.1) is 0 Å². The van der Waals surface area contributed by atoms with Crippen LogP contribution in [0.3, 0.4) is 0 Å². The smallest absolute Gasteiger partial charge is 0.326 e. The van der Waals surface area contributed by atoms with Crippen LogP contribution in [0.4, 0.5) is 21.0 Å². The van der Waals surface area contributed by atoms with Gasteiger partial charge in [-0.1, -0.05) is 35.3 Å². The molecule has 5 N–H and O–H groups in total. The summed E-state index contributed by atoms with van der Waals surface area (Å²) < 4.78 is 0. The first-order chi connectivity index (χ1) is 13.8. The molecule has 0 radical (unpaired) electrons. The van der Waals surface area contributed by atoms with Crippen molar-refractivity contribution in [2.24, 2.45) is 0 Å². The lowest BCUT2D eigenvalue weighted by atomic mass is 10.1. The number of carbonyl (C=O) groups excluding carboxylic acids is 2. The molecule has 0 saturated heterocycles. The zero-order valence-corrected chi connectivity index (χ0v) is 16.8. The average molecular weight is 439 g/mol. The SMILES string of the molecule is O=C(NCCCC(NC(=O)Nc1cccc(Cl)c1)C(=O)O)Nc1cccc(Cl)c1. The molecular formula is C19H20Cl2N4O4. The van der Waals surface area contributed by atoms with E-state index in [0.717, 1.165) is 0 Å². The number of carbonyl (C=O) groups is 3. The first kappa shape index (κ1) is 22.3. The molecule has 1 atom stereocenters.